The van der Waals surface area contributed by atoms with E-state index >= 15 is 0 Å². The van der Waals surface area contributed by atoms with Gasteiger partial charge in [0.25, 0.3) is 11.7 Å². The summed E-state index contributed by atoms with van der Waals surface area (Å²) in [6.45, 7) is 3.33. The first-order valence-electron chi connectivity index (χ1n) is 7.15. The molecular weight excluding hydrogens is 276 g/mol. The number of carbonyl (C=O) groups excluding carboxylic acids is 1. The monoisotopic (exact) mass is 294 g/mol. The van der Waals surface area contributed by atoms with E-state index in [-0.39, 0.29) is 30.2 Å². The van der Waals surface area contributed by atoms with Crippen molar-refractivity contribution < 1.29 is 19.2 Å². The fourth-order valence-corrected chi connectivity index (χ4v) is 2.95. The Morgan fingerprint density at radius 3 is 2.86 bits per heavy atom. The maximum atomic E-state index is 12.3. The molecule has 8 nitrogen and oxygen atoms in total. The lowest BCUT2D eigenvalue weighted by Crippen LogP contribution is -2.30. The van der Waals surface area contributed by atoms with Gasteiger partial charge < -0.3 is 19.8 Å². The molecule has 0 radical (unpaired) electrons. The van der Waals surface area contributed by atoms with Gasteiger partial charge in [0, 0.05) is 13.1 Å². The molecule has 2 aliphatic heterocycles. The predicted molar refractivity (Wildman–Crippen MR) is 70.5 cm³/mol. The Hall–Kier alpha value is -1.96. The number of rotatable bonds is 3. The Kier molecular flexibility index (Phi) is 3.62. The summed E-state index contributed by atoms with van der Waals surface area (Å²) in [6.07, 6.45) is 1.96. The molecule has 0 aromatic carbocycles. The van der Waals surface area contributed by atoms with Crippen molar-refractivity contribution in [2.45, 2.75) is 25.8 Å². The molecule has 0 saturated carbocycles. The number of nitrogens with zero attached hydrogens (tertiary/aromatic N) is 3. The van der Waals surface area contributed by atoms with Crippen LogP contribution in [0.2, 0.25) is 0 Å². The van der Waals surface area contributed by atoms with Crippen LogP contribution in [0.3, 0.4) is 0 Å². The standard InChI is InChI=1S/C13H18N4O4/c1-7-5-17(6-8(7)13(19)20)12(18)10-15-11(21-16-10)9-3-2-4-14-9/h7-9,14H,2-6H2,1H3,(H,19,20). The molecule has 2 saturated heterocycles. The zero-order valence-corrected chi connectivity index (χ0v) is 11.8. The fourth-order valence-electron chi connectivity index (χ4n) is 2.95. The van der Waals surface area contributed by atoms with E-state index in [0.717, 1.165) is 19.4 Å². The number of nitrogens with one attached hydrogen (secondary N) is 1. The predicted octanol–water partition coefficient (Wildman–Crippen LogP) is 0.287. The normalized spacial score (nSPS) is 29.0. The minimum Gasteiger partial charge on any atom is -0.481 e. The molecule has 2 N–H and O–H groups in total. The van der Waals surface area contributed by atoms with Gasteiger partial charge in [-0.15, -0.1) is 0 Å². The molecule has 1 aromatic heterocycles. The highest BCUT2D eigenvalue weighted by Crippen LogP contribution is 2.25. The molecule has 2 fully saturated rings. The Morgan fingerprint density at radius 2 is 2.24 bits per heavy atom. The maximum absolute atomic E-state index is 12.3. The van der Waals surface area contributed by atoms with Gasteiger partial charge >= 0.3 is 5.97 Å². The summed E-state index contributed by atoms with van der Waals surface area (Å²) in [7, 11) is 0. The molecule has 0 aliphatic carbocycles. The summed E-state index contributed by atoms with van der Waals surface area (Å²) in [5.41, 5.74) is 0. The van der Waals surface area contributed by atoms with Gasteiger partial charge in [-0.3, -0.25) is 9.59 Å². The third-order valence-corrected chi connectivity index (χ3v) is 4.21. The zero-order chi connectivity index (χ0) is 15.0. The number of carboxylic acid groups (broad SMARTS) is 1. The molecule has 8 heteroatoms. The highest BCUT2D eigenvalue weighted by atomic mass is 16.5. The number of aliphatic carboxylic acids is 1. The van der Waals surface area contributed by atoms with Crippen molar-refractivity contribution in [3.05, 3.63) is 11.7 Å². The van der Waals surface area contributed by atoms with Crippen LogP contribution >= 0.6 is 0 Å². The average molecular weight is 294 g/mol. The van der Waals surface area contributed by atoms with Gasteiger partial charge in [0.15, 0.2) is 0 Å². The van der Waals surface area contributed by atoms with Crippen molar-refractivity contribution in [1.29, 1.82) is 0 Å². The number of amides is 1. The second-order valence-electron chi connectivity index (χ2n) is 5.74. The van der Waals surface area contributed by atoms with Crippen molar-refractivity contribution in [1.82, 2.24) is 20.4 Å². The Balaban J connectivity index is 1.70. The van der Waals surface area contributed by atoms with Crippen molar-refractivity contribution in [2.75, 3.05) is 19.6 Å². The van der Waals surface area contributed by atoms with Crippen LogP contribution in [0.15, 0.2) is 4.52 Å². The fraction of sp³-hybridized carbons (Fsp3) is 0.692. The van der Waals surface area contributed by atoms with Gasteiger partial charge in [-0.05, 0) is 25.3 Å². The van der Waals surface area contributed by atoms with Gasteiger partial charge in [0.1, 0.15) is 0 Å². The molecule has 1 amide bonds. The second kappa shape index (κ2) is 5.44. The van der Waals surface area contributed by atoms with E-state index in [1.807, 2.05) is 6.92 Å². The van der Waals surface area contributed by atoms with E-state index < -0.39 is 11.9 Å². The highest BCUT2D eigenvalue weighted by Gasteiger charge is 2.38. The van der Waals surface area contributed by atoms with Crippen LogP contribution in [0, 0.1) is 11.8 Å². The van der Waals surface area contributed by atoms with Crippen LogP contribution in [-0.2, 0) is 4.79 Å². The summed E-state index contributed by atoms with van der Waals surface area (Å²) in [6, 6.07) is 0.0170. The first kappa shape index (κ1) is 14.0. The highest BCUT2D eigenvalue weighted by molar-refractivity contribution is 5.91. The van der Waals surface area contributed by atoms with Gasteiger partial charge in [0.2, 0.25) is 5.89 Å². The summed E-state index contributed by atoms with van der Waals surface area (Å²) in [5, 5.41) is 16.1. The lowest BCUT2D eigenvalue weighted by Gasteiger charge is -2.12. The summed E-state index contributed by atoms with van der Waals surface area (Å²) < 4.78 is 5.14. The Morgan fingerprint density at radius 1 is 1.43 bits per heavy atom. The Labute approximate surface area is 121 Å². The first-order chi connectivity index (χ1) is 10.1. The second-order valence-corrected chi connectivity index (χ2v) is 5.74. The third-order valence-electron chi connectivity index (χ3n) is 4.21. The van der Waals surface area contributed by atoms with E-state index in [0.29, 0.717) is 12.4 Å². The van der Waals surface area contributed by atoms with E-state index in [1.165, 1.54) is 4.90 Å². The molecule has 2 aliphatic rings. The molecule has 3 atom stereocenters. The van der Waals surface area contributed by atoms with E-state index in [1.54, 1.807) is 0 Å². The van der Waals surface area contributed by atoms with E-state index in [2.05, 4.69) is 15.5 Å². The maximum Gasteiger partial charge on any atom is 0.308 e. The van der Waals surface area contributed by atoms with Crippen molar-refractivity contribution in [3.63, 3.8) is 0 Å². The van der Waals surface area contributed by atoms with Crippen molar-refractivity contribution in [2.24, 2.45) is 11.8 Å². The summed E-state index contributed by atoms with van der Waals surface area (Å²) >= 11 is 0. The lowest BCUT2D eigenvalue weighted by molar-refractivity contribution is -0.142. The van der Waals surface area contributed by atoms with Crippen LogP contribution in [0.25, 0.3) is 0 Å². The smallest absolute Gasteiger partial charge is 0.308 e. The number of hydrogen-bond acceptors (Lipinski definition) is 6. The topological polar surface area (TPSA) is 109 Å². The molecule has 114 valence electrons. The summed E-state index contributed by atoms with van der Waals surface area (Å²) in [5.74, 6) is -1.40. The molecule has 3 unspecified atom stereocenters. The minimum absolute atomic E-state index is 0.0111. The van der Waals surface area contributed by atoms with Crippen LogP contribution < -0.4 is 5.32 Å². The third kappa shape index (κ3) is 2.63. The van der Waals surface area contributed by atoms with Crippen LogP contribution in [0.4, 0.5) is 0 Å². The number of hydrogen-bond donors (Lipinski definition) is 2. The van der Waals surface area contributed by atoms with Gasteiger partial charge in [-0.1, -0.05) is 12.1 Å². The van der Waals surface area contributed by atoms with E-state index in [9.17, 15) is 9.59 Å². The number of aromatic nitrogens is 2. The minimum atomic E-state index is -0.873. The number of carboxylic acids is 1. The van der Waals surface area contributed by atoms with Crippen LogP contribution in [0.5, 0.6) is 0 Å². The quantitative estimate of drug-likeness (QED) is 0.824. The first-order valence-corrected chi connectivity index (χ1v) is 7.15. The SMILES string of the molecule is CC1CN(C(=O)c2noc(C3CCCN3)n2)CC1C(=O)O. The zero-order valence-electron chi connectivity index (χ0n) is 11.8. The van der Waals surface area contributed by atoms with Gasteiger partial charge in [-0.2, -0.15) is 4.98 Å². The molecule has 1 aromatic rings. The van der Waals surface area contributed by atoms with Crippen molar-refractivity contribution in [3.8, 4) is 0 Å². The largest absolute Gasteiger partial charge is 0.481 e. The van der Waals surface area contributed by atoms with E-state index in [4.69, 9.17) is 9.63 Å². The molecule has 0 bridgehead atoms. The molecule has 21 heavy (non-hydrogen) atoms. The number of likely N-dealkylation sites (tertiary alicyclic amines) is 1. The Bertz CT molecular complexity index is 552. The average Bonchev–Trinajstić information content (AvgIpc) is 3.17. The van der Waals surface area contributed by atoms with Gasteiger partial charge in [-0.25, -0.2) is 0 Å². The van der Waals surface area contributed by atoms with Crippen LogP contribution in [0.1, 0.15) is 42.3 Å². The lowest BCUT2D eigenvalue weighted by atomic mass is 9.99. The van der Waals surface area contributed by atoms with Crippen LogP contribution in [-0.4, -0.2) is 51.7 Å². The molecule has 3 heterocycles. The molecule has 0 spiro atoms. The summed E-state index contributed by atoms with van der Waals surface area (Å²) in [4.78, 5) is 29.1. The van der Waals surface area contributed by atoms with Gasteiger partial charge in [0.05, 0.1) is 12.0 Å². The molecular formula is C13H18N4O4. The molecule has 3 rings (SSSR count). The van der Waals surface area contributed by atoms with Crippen molar-refractivity contribution >= 4 is 11.9 Å². The number of carbonyl (C=O) groups is 2.